The second-order valence-corrected chi connectivity index (χ2v) is 6.80. The van der Waals surface area contributed by atoms with Gasteiger partial charge in [-0.05, 0) is 48.4 Å². The van der Waals surface area contributed by atoms with Gasteiger partial charge in [-0.3, -0.25) is 0 Å². The predicted molar refractivity (Wildman–Crippen MR) is 123 cm³/mol. The maximum absolute atomic E-state index is 6.07. The van der Waals surface area contributed by atoms with Gasteiger partial charge in [-0.15, -0.1) is 24.8 Å². The average Bonchev–Trinajstić information content (AvgIpc) is 2.66. The lowest BCUT2D eigenvalue weighted by molar-refractivity contribution is 0.102. The summed E-state index contributed by atoms with van der Waals surface area (Å²) in [6.45, 7) is 5.35. The molecule has 2 atom stereocenters. The maximum atomic E-state index is 6.07. The Bertz CT molecular complexity index is 656. The van der Waals surface area contributed by atoms with Crippen LogP contribution in [0.2, 0.25) is 5.02 Å². The van der Waals surface area contributed by atoms with Gasteiger partial charge in [0, 0.05) is 31.8 Å². The Morgan fingerprint density at radius 2 is 1.71 bits per heavy atom. The lowest BCUT2D eigenvalue weighted by atomic mass is 10.0. The van der Waals surface area contributed by atoms with E-state index >= 15 is 0 Å². The highest BCUT2D eigenvalue weighted by Gasteiger charge is 2.12. The van der Waals surface area contributed by atoms with E-state index in [0.717, 1.165) is 36.0 Å². The summed E-state index contributed by atoms with van der Waals surface area (Å²) in [4.78, 5) is 0. The Hall–Kier alpha value is -1.01. The minimum atomic E-state index is -0.0103. The van der Waals surface area contributed by atoms with E-state index in [-0.39, 0.29) is 30.9 Å². The van der Waals surface area contributed by atoms with Crippen LogP contribution in [0.3, 0.4) is 0 Å². The number of ether oxygens (including phenoxy) is 2. The topological polar surface area (TPSA) is 42.5 Å². The summed E-state index contributed by atoms with van der Waals surface area (Å²) in [5, 5.41) is 7.30. The molecule has 28 heavy (non-hydrogen) atoms. The summed E-state index contributed by atoms with van der Waals surface area (Å²) < 4.78 is 11.3. The minimum absolute atomic E-state index is 0. The lowest BCUT2D eigenvalue weighted by Gasteiger charge is -2.19. The van der Waals surface area contributed by atoms with Crippen molar-refractivity contribution < 1.29 is 9.47 Å². The molecule has 0 saturated heterocycles. The van der Waals surface area contributed by atoms with Crippen LogP contribution < -0.4 is 15.4 Å². The van der Waals surface area contributed by atoms with Gasteiger partial charge in [-0.1, -0.05) is 42.8 Å². The van der Waals surface area contributed by atoms with E-state index < -0.39 is 0 Å². The molecule has 2 aromatic rings. The standard InChI is InChI=1S/C21H29ClN2O2.2ClH/c1-16(17-7-9-20(10-8-17)26-12-11-23-2)14-24-15-21(25-3)18-5-4-6-19(22)13-18;;/h4-10,13,16,21,23-24H,11-12,14-15H2,1-3H3;2*1H. The highest BCUT2D eigenvalue weighted by molar-refractivity contribution is 6.30. The Kier molecular flexibility index (Phi) is 14.4. The first kappa shape index (κ1) is 27.0. The number of nitrogens with one attached hydrogen (secondary N) is 2. The number of likely N-dealkylation sites (N-methyl/N-ethyl adjacent to an activating group) is 1. The third-order valence-corrected chi connectivity index (χ3v) is 4.59. The molecule has 0 saturated carbocycles. The van der Waals surface area contributed by atoms with Crippen molar-refractivity contribution in [1.29, 1.82) is 0 Å². The minimum Gasteiger partial charge on any atom is -0.492 e. The molecule has 0 aliphatic heterocycles. The third kappa shape index (κ3) is 8.99. The van der Waals surface area contributed by atoms with Crippen LogP contribution in [0, 0.1) is 0 Å². The van der Waals surface area contributed by atoms with Gasteiger partial charge in [-0.25, -0.2) is 0 Å². The van der Waals surface area contributed by atoms with Gasteiger partial charge in [0.1, 0.15) is 12.4 Å². The second-order valence-electron chi connectivity index (χ2n) is 6.36. The number of halogens is 3. The van der Waals surface area contributed by atoms with Crippen LogP contribution >= 0.6 is 36.4 Å². The summed E-state index contributed by atoms with van der Waals surface area (Å²) in [5.74, 6) is 1.31. The fraction of sp³-hybridized carbons (Fsp3) is 0.429. The lowest BCUT2D eigenvalue weighted by Crippen LogP contribution is -2.26. The Labute approximate surface area is 186 Å². The normalized spacial score (nSPS) is 12.4. The van der Waals surface area contributed by atoms with E-state index in [1.165, 1.54) is 5.56 Å². The van der Waals surface area contributed by atoms with Crippen molar-refractivity contribution in [3.63, 3.8) is 0 Å². The zero-order valence-corrected chi connectivity index (χ0v) is 19.0. The fourth-order valence-electron chi connectivity index (χ4n) is 2.76. The van der Waals surface area contributed by atoms with Crippen molar-refractivity contribution in [2.75, 3.05) is 40.4 Å². The highest BCUT2D eigenvalue weighted by Crippen LogP contribution is 2.21. The predicted octanol–water partition coefficient (Wildman–Crippen LogP) is 4.86. The van der Waals surface area contributed by atoms with Crippen molar-refractivity contribution in [3.05, 3.63) is 64.7 Å². The number of hydrogen-bond donors (Lipinski definition) is 2. The van der Waals surface area contributed by atoms with E-state index in [9.17, 15) is 0 Å². The van der Waals surface area contributed by atoms with Crippen LogP contribution in [0.4, 0.5) is 0 Å². The molecule has 2 rings (SSSR count). The summed E-state index contributed by atoms with van der Waals surface area (Å²) in [6, 6.07) is 16.1. The molecule has 0 radical (unpaired) electrons. The van der Waals surface area contributed by atoms with Gasteiger partial charge in [0.2, 0.25) is 0 Å². The first-order valence-electron chi connectivity index (χ1n) is 9.00. The summed E-state index contributed by atoms with van der Waals surface area (Å²) >= 11 is 6.07. The number of benzene rings is 2. The van der Waals surface area contributed by atoms with Crippen LogP contribution in [-0.2, 0) is 4.74 Å². The zero-order valence-electron chi connectivity index (χ0n) is 16.6. The smallest absolute Gasteiger partial charge is 0.119 e. The zero-order chi connectivity index (χ0) is 18.8. The Morgan fingerprint density at radius 1 is 1.00 bits per heavy atom. The van der Waals surface area contributed by atoms with Crippen LogP contribution in [0.5, 0.6) is 5.75 Å². The van der Waals surface area contributed by atoms with Crippen LogP contribution in [0.1, 0.15) is 30.1 Å². The molecule has 0 aliphatic carbocycles. The monoisotopic (exact) mass is 448 g/mol. The van der Waals surface area contributed by atoms with Crippen molar-refractivity contribution >= 4 is 36.4 Å². The molecule has 2 N–H and O–H groups in total. The number of hydrogen-bond acceptors (Lipinski definition) is 4. The Balaban J connectivity index is 0.00000364. The second kappa shape index (κ2) is 14.9. The molecule has 0 aromatic heterocycles. The van der Waals surface area contributed by atoms with Crippen molar-refractivity contribution in [2.24, 2.45) is 0 Å². The van der Waals surface area contributed by atoms with Gasteiger partial charge in [-0.2, -0.15) is 0 Å². The van der Waals surface area contributed by atoms with Crippen molar-refractivity contribution in [1.82, 2.24) is 10.6 Å². The highest BCUT2D eigenvalue weighted by atomic mass is 35.5. The van der Waals surface area contributed by atoms with Gasteiger partial charge >= 0.3 is 0 Å². The molecule has 2 unspecified atom stereocenters. The maximum Gasteiger partial charge on any atom is 0.119 e. The molecule has 7 heteroatoms. The van der Waals surface area contributed by atoms with Crippen LogP contribution in [0.25, 0.3) is 0 Å². The van der Waals surface area contributed by atoms with Gasteiger partial charge < -0.3 is 20.1 Å². The van der Waals surface area contributed by atoms with Crippen LogP contribution in [-0.4, -0.2) is 40.4 Å². The molecular formula is C21H31Cl3N2O2. The largest absolute Gasteiger partial charge is 0.492 e. The van der Waals surface area contributed by atoms with E-state index in [2.05, 4.69) is 29.7 Å². The molecule has 0 aliphatic rings. The van der Waals surface area contributed by atoms with Crippen LogP contribution in [0.15, 0.2) is 48.5 Å². The summed E-state index contributed by atoms with van der Waals surface area (Å²) in [7, 11) is 3.64. The Morgan fingerprint density at radius 3 is 2.32 bits per heavy atom. The molecule has 0 spiro atoms. The molecular weight excluding hydrogens is 419 g/mol. The molecule has 0 fully saturated rings. The van der Waals surface area contributed by atoms with Crippen molar-refractivity contribution in [3.8, 4) is 5.75 Å². The SMILES string of the molecule is CNCCOc1ccc(C(C)CNCC(OC)c2cccc(Cl)c2)cc1.Cl.Cl. The quantitative estimate of drug-likeness (QED) is 0.481. The molecule has 0 heterocycles. The van der Waals surface area contributed by atoms with Gasteiger partial charge in [0.25, 0.3) is 0 Å². The van der Waals surface area contributed by atoms with E-state index in [4.69, 9.17) is 21.1 Å². The van der Waals surface area contributed by atoms with E-state index in [1.54, 1.807) is 7.11 Å². The molecule has 158 valence electrons. The molecule has 2 aromatic carbocycles. The molecule has 0 bridgehead atoms. The van der Waals surface area contributed by atoms with Crippen molar-refractivity contribution in [2.45, 2.75) is 18.9 Å². The fourth-order valence-corrected chi connectivity index (χ4v) is 2.96. The van der Waals surface area contributed by atoms with E-state index in [1.807, 2.05) is 43.4 Å². The van der Waals surface area contributed by atoms with Gasteiger partial charge in [0.05, 0.1) is 6.10 Å². The number of methoxy groups -OCH3 is 1. The summed E-state index contributed by atoms with van der Waals surface area (Å²) in [5.41, 5.74) is 2.37. The molecule has 4 nitrogen and oxygen atoms in total. The first-order chi connectivity index (χ1) is 12.6. The third-order valence-electron chi connectivity index (χ3n) is 4.36. The van der Waals surface area contributed by atoms with E-state index in [0.29, 0.717) is 12.5 Å². The summed E-state index contributed by atoms with van der Waals surface area (Å²) in [6.07, 6.45) is -0.0103. The average molecular weight is 450 g/mol. The van der Waals surface area contributed by atoms with Gasteiger partial charge in [0.15, 0.2) is 0 Å². The molecule has 0 amide bonds. The number of rotatable bonds is 11. The first-order valence-corrected chi connectivity index (χ1v) is 9.38.